The number of rotatable bonds is 7. The number of aryl methyl sites for hydroxylation is 1. The van der Waals surface area contributed by atoms with Crippen molar-refractivity contribution in [3.63, 3.8) is 0 Å². The number of methoxy groups -OCH3 is 1. The quantitative estimate of drug-likeness (QED) is 0.622. The Kier molecular flexibility index (Phi) is 5.91. The maximum atomic E-state index is 5.01. The van der Waals surface area contributed by atoms with E-state index >= 15 is 0 Å². The summed E-state index contributed by atoms with van der Waals surface area (Å²) in [4.78, 5) is 13.0. The molecule has 5 nitrogen and oxygen atoms in total. The molecule has 2 aromatic rings. The van der Waals surface area contributed by atoms with Gasteiger partial charge in [-0.2, -0.15) is 0 Å². The molecule has 0 unspecified atom stereocenters. The van der Waals surface area contributed by atoms with Crippen LogP contribution in [-0.4, -0.2) is 35.2 Å². The van der Waals surface area contributed by atoms with E-state index in [-0.39, 0.29) is 0 Å². The van der Waals surface area contributed by atoms with Gasteiger partial charge in [-0.25, -0.2) is 15.0 Å². The molecule has 0 fully saturated rings. The predicted octanol–water partition coefficient (Wildman–Crippen LogP) is 2.07. The Labute approximate surface area is 123 Å². The van der Waals surface area contributed by atoms with Gasteiger partial charge in [0.1, 0.15) is 5.03 Å². The molecule has 0 saturated heterocycles. The summed E-state index contributed by atoms with van der Waals surface area (Å²) in [5.41, 5.74) is 2.19. The van der Waals surface area contributed by atoms with Gasteiger partial charge in [-0.15, -0.1) is 0 Å². The Hall–Kier alpha value is -1.50. The first-order valence-corrected chi connectivity index (χ1v) is 7.21. The van der Waals surface area contributed by atoms with Gasteiger partial charge in [0.25, 0.3) is 0 Å². The molecule has 2 rings (SSSR count). The minimum absolute atomic E-state index is 0.698. The van der Waals surface area contributed by atoms with Crippen molar-refractivity contribution in [2.24, 2.45) is 0 Å². The van der Waals surface area contributed by atoms with E-state index in [0.717, 1.165) is 29.2 Å². The summed E-state index contributed by atoms with van der Waals surface area (Å²) in [7, 11) is 1.70. The van der Waals surface area contributed by atoms with Crippen LogP contribution in [0.25, 0.3) is 0 Å². The average Bonchev–Trinajstić information content (AvgIpc) is 2.47. The number of aromatic nitrogens is 3. The molecular weight excluding hydrogens is 272 g/mol. The van der Waals surface area contributed by atoms with Crippen LogP contribution in [-0.2, 0) is 11.3 Å². The van der Waals surface area contributed by atoms with Crippen LogP contribution in [0.1, 0.15) is 11.1 Å². The van der Waals surface area contributed by atoms with Crippen LogP contribution in [0.3, 0.4) is 0 Å². The monoisotopic (exact) mass is 290 g/mol. The highest BCUT2D eigenvalue weighted by Gasteiger charge is 2.07. The van der Waals surface area contributed by atoms with Gasteiger partial charge in [0.2, 0.25) is 0 Å². The normalized spacial score (nSPS) is 10.7. The molecule has 0 saturated carbocycles. The first-order valence-electron chi connectivity index (χ1n) is 6.39. The fourth-order valence-electron chi connectivity index (χ4n) is 1.57. The number of hydrogen-bond acceptors (Lipinski definition) is 6. The van der Waals surface area contributed by atoms with Crippen molar-refractivity contribution in [3.05, 3.63) is 41.9 Å². The largest absolute Gasteiger partial charge is 0.383 e. The van der Waals surface area contributed by atoms with Gasteiger partial charge in [-0.05, 0) is 35.9 Å². The maximum Gasteiger partial charge on any atom is 0.193 e. The molecule has 0 aliphatic carbocycles. The molecule has 0 bridgehead atoms. The lowest BCUT2D eigenvalue weighted by Crippen LogP contribution is -2.19. The Morgan fingerprint density at radius 1 is 1.25 bits per heavy atom. The first kappa shape index (κ1) is 14.9. The van der Waals surface area contributed by atoms with E-state index in [0.29, 0.717) is 11.8 Å². The molecule has 0 radical (unpaired) electrons. The third kappa shape index (κ3) is 4.56. The van der Waals surface area contributed by atoms with Crippen molar-refractivity contribution in [3.8, 4) is 0 Å². The lowest BCUT2D eigenvalue weighted by atomic mass is 10.3. The number of nitrogens with zero attached hydrogens (tertiary/aromatic N) is 3. The third-order valence-corrected chi connectivity index (χ3v) is 3.55. The second-order valence-corrected chi connectivity index (χ2v) is 5.24. The molecule has 0 aliphatic rings. The first-order chi connectivity index (χ1) is 9.79. The van der Waals surface area contributed by atoms with Crippen molar-refractivity contribution in [2.45, 2.75) is 23.7 Å². The van der Waals surface area contributed by atoms with Gasteiger partial charge in [0.05, 0.1) is 6.61 Å². The summed E-state index contributed by atoms with van der Waals surface area (Å²) < 4.78 is 5.01. The Morgan fingerprint density at radius 3 is 2.80 bits per heavy atom. The van der Waals surface area contributed by atoms with Crippen LogP contribution >= 0.6 is 11.8 Å². The van der Waals surface area contributed by atoms with E-state index in [1.807, 2.05) is 25.4 Å². The van der Waals surface area contributed by atoms with E-state index in [9.17, 15) is 0 Å². The summed E-state index contributed by atoms with van der Waals surface area (Å²) in [6.07, 6.45) is 5.42. The van der Waals surface area contributed by atoms with E-state index in [1.165, 1.54) is 11.8 Å². The summed E-state index contributed by atoms with van der Waals surface area (Å²) in [6, 6.07) is 4.00. The molecule has 0 atom stereocenters. The third-order valence-electron chi connectivity index (χ3n) is 2.59. The fraction of sp³-hybridized carbons (Fsp3) is 0.357. The smallest absolute Gasteiger partial charge is 0.193 e. The van der Waals surface area contributed by atoms with Gasteiger partial charge in [-0.3, -0.25) is 0 Å². The molecule has 0 amide bonds. The van der Waals surface area contributed by atoms with Crippen LogP contribution in [0.4, 0.5) is 0 Å². The van der Waals surface area contributed by atoms with Crippen molar-refractivity contribution in [1.29, 1.82) is 0 Å². The van der Waals surface area contributed by atoms with Crippen molar-refractivity contribution < 1.29 is 4.74 Å². The summed E-state index contributed by atoms with van der Waals surface area (Å²) in [6.45, 7) is 4.24. The predicted molar refractivity (Wildman–Crippen MR) is 78.7 cm³/mol. The van der Waals surface area contributed by atoms with E-state index in [4.69, 9.17) is 4.74 Å². The maximum absolute atomic E-state index is 5.01. The standard InChI is InChI=1S/C14H18N4OS/c1-11-8-17-14(18-9-11)20-13-12(4-3-5-16-13)10-15-6-7-19-2/h3-5,8-9,15H,6-7,10H2,1-2H3. The molecular formula is C14H18N4OS. The number of pyridine rings is 1. The summed E-state index contributed by atoms with van der Waals surface area (Å²) in [5.74, 6) is 0. The van der Waals surface area contributed by atoms with Crippen LogP contribution in [0, 0.1) is 6.92 Å². The molecule has 2 aromatic heterocycles. The molecule has 106 valence electrons. The summed E-state index contributed by atoms with van der Waals surface area (Å²) in [5, 5.41) is 4.97. The van der Waals surface area contributed by atoms with Crippen LogP contribution in [0.5, 0.6) is 0 Å². The van der Waals surface area contributed by atoms with Gasteiger partial charge in [-0.1, -0.05) is 6.07 Å². The van der Waals surface area contributed by atoms with Crippen molar-refractivity contribution in [2.75, 3.05) is 20.3 Å². The highest BCUT2D eigenvalue weighted by molar-refractivity contribution is 7.99. The highest BCUT2D eigenvalue weighted by Crippen LogP contribution is 2.25. The van der Waals surface area contributed by atoms with Crippen LogP contribution < -0.4 is 5.32 Å². The lowest BCUT2D eigenvalue weighted by Gasteiger charge is -2.08. The zero-order valence-electron chi connectivity index (χ0n) is 11.7. The van der Waals surface area contributed by atoms with E-state index in [2.05, 4.69) is 26.3 Å². The SMILES string of the molecule is COCCNCc1cccnc1Sc1ncc(C)cn1. The molecule has 0 spiro atoms. The zero-order chi connectivity index (χ0) is 14.2. The molecule has 6 heteroatoms. The second-order valence-electron chi connectivity index (χ2n) is 4.28. The van der Waals surface area contributed by atoms with E-state index in [1.54, 1.807) is 13.3 Å². The molecule has 0 aliphatic heterocycles. The second kappa shape index (κ2) is 7.94. The van der Waals surface area contributed by atoms with Gasteiger partial charge in [0.15, 0.2) is 5.16 Å². The highest BCUT2D eigenvalue weighted by atomic mass is 32.2. The molecule has 0 aromatic carbocycles. The van der Waals surface area contributed by atoms with Crippen LogP contribution in [0.2, 0.25) is 0 Å². The van der Waals surface area contributed by atoms with E-state index < -0.39 is 0 Å². The Bertz CT molecular complexity index is 533. The van der Waals surface area contributed by atoms with Crippen molar-refractivity contribution in [1.82, 2.24) is 20.3 Å². The minimum atomic E-state index is 0.698. The minimum Gasteiger partial charge on any atom is -0.383 e. The molecule has 2 heterocycles. The van der Waals surface area contributed by atoms with Gasteiger partial charge < -0.3 is 10.1 Å². The summed E-state index contributed by atoms with van der Waals surface area (Å²) >= 11 is 1.48. The van der Waals surface area contributed by atoms with Crippen molar-refractivity contribution >= 4 is 11.8 Å². The fourth-order valence-corrected chi connectivity index (χ4v) is 2.34. The molecule has 20 heavy (non-hydrogen) atoms. The number of nitrogens with one attached hydrogen (secondary N) is 1. The average molecular weight is 290 g/mol. The molecule has 1 N–H and O–H groups in total. The zero-order valence-corrected chi connectivity index (χ0v) is 12.5. The van der Waals surface area contributed by atoms with Gasteiger partial charge >= 0.3 is 0 Å². The topological polar surface area (TPSA) is 59.9 Å². The number of ether oxygens (including phenoxy) is 1. The Balaban J connectivity index is 2.01. The lowest BCUT2D eigenvalue weighted by molar-refractivity contribution is 0.199. The van der Waals surface area contributed by atoms with Gasteiger partial charge in [0, 0.05) is 38.8 Å². The Morgan fingerprint density at radius 2 is 2.05 bits per heavy atom. The number of hydrogen-bond donors (Lipinski definition) is 1. The van der Waals surface area contributed by atoms with Crippen LogP contribution in [0.15, 0.2) is 40.9 Å².